The maximum Gasteiger partial charge on any atom is 0.252 e. The summed E-state index contributed by atoms with van der Waals surface area (Å²) in [6.45, 7) is 0.683. The van der Waals surface area contributed by atoms with Gasteiger partial charge in [-0.15, -0.1) is 11.6 Å². The average Bonchev–Trinajstić information content (AvgIpc) is 2.28. The van der Waals surface area contributed by atoms with Crippen LogP contribution in [0.2, 0.25) is 0 Å². The lowest BCUT2D eigenvalue weighted by Crippen LogP contribution is -2.24. The molecule has 0 unspecified atom stereocenters. The highest BCUT2D eigenvalue weighted by Crippen LogP contribution is 2.09. The summed E-state index contributed by atoms with van der Waals surface area (Å²) in [5, 5.41) is 2.84. The normalized spacial score (nSPS) is 10.1. The summed E-state index contributed by atoms with van der Waals surface area (Å²) in [6.07, 6.45) is 6.20. The van der Waals surface area contributed by atoms with Crippen LogP contribution in [-0.2, 0) is 0 Å². The van der Waals surface area contributed by atoms with Gasteiger partial charge in [0.2, 0.25) is 0 Å². The van der Waals surface area contributed by atoms with Crippen molar-refractivity contribution in [1.82, 2.24) is 10.3 Å². The molecule has 0 saturated heterocycles. The Morgan fingerprint density at radius 1 is 1.38 bits per heavy atom. The lowest BCUT2D eigenvalue weighted by Gasteiger charge is -2.04. The minimum absolute atomic E-state index is 0.0836. The predicted molar refractivity (Wildman–Crippen MR) is 68.8 cm³/mol. The third-order valence-electron chi connectivity index (χ3n) is 2.06. The first-order valence-electron chi connectivity index (χ1n) is 5.19. The number of aromatic nitrogens is 1. The number of nitrogens with one attached hydrogen (secondary N) is 1. The average molecular weight is 306 g/mol. The highest BCUT2D eigenvalue weighted by atomic mass is 79.9. The molecule has 0 saturated carbocycles. The topological polar surface area (TPSA) is 42.0 Å². The summed E-state index contributed by atoms with van der Waals surface area (Å²) in [5.74, 6) is 0.600. The Morgan fingerprint density at radius 2 is 2.19 bits per heavy atom. The summed E-state index contributed by atoms with van der Waals surface area (Å²) >= 11 is 8.83. The smallest absolute Gasteiger partial charge is 0.252 e. The summed E-state index contributed by atoms with van der Waals surface area (Å²) in [5.41, 5.74) is 0.576. The van der Waals surface area contributed by atoms with E-state index in [2.05, 4.69) is 26.2 Å². The predicted octanol–water partition coefficient (Wildman–Crippen LogP) is 2.98. The van der Waals surface area contributed by atoms with Gasteiger partial charge in [0.15, 0.2) is 0 Å². The van der Waals surface area contributed by atoms with Crippen molar-refractivity contribution in [2.24, 2.45) is 0 Å². The molecule has 0 aliphatic rings. The molecular formula is C11H14BrClN2O. The fourth-order valence-electron chi connectivity index (χ4n) is 1.24. The number of hydrogen-bond acceptors (Lipinski definition) is 2. The number of halogens is 2. The van der Waals surface area contributed by atoms with Gasteiger partial charge in [0.1, 0.15) is 0 Å². The third kappa shape index (κ3) is 4.94. The third-order valence-corrected chi connectivity index (χ3v) is 2.76. The second-order valence-electron chi connectivity index (χ2n) is 3.40. The zero-order valence-corrected chi connectivity index (χ0v) is 11.2. The van der Waals surface area contributed by atoms with Gasteiger partial charge in [0.25, 0.3) is 5.91 Å². The number of rotatable bonds is 6. The Bertz CT molecular complexity index is 347. The van der Waals surface area contributed by atoms with Crippen LogP contribution >= 0.6 is 27.5 Å². The molecule has 1 heterocycles. The molecule has 1 N–H and O–H groups in total. The van der Waals surface area contributed by atoms with E-state index < -0.39 is 0 Å². The molecule has 0 aliphatic heterocycles. The summed E-state index contributed by atoms with van der Waals surface area (Å²) in [7, 11) is 0. The second-order valence-corrected chi connectivity index (χ2v) is 4.69. The highest BCUT2D eigenvalue weighted by Gasteiger charge is 2.04. The van der Waals surface area contributed by atoms with E-state index in [1.165, 1.54) is 0 Å². The number of unbranched alkanes of at least 4 members (excludes halogenated alkanes) is 2. The van der Waals surface area contributed by atoms with Crippen LogP contribution < -0.4 is 5.32 Å². The van der Waals surface area contributed by atoms with E-state index in [9.17, 15) is 4.79 Å². The fraction of sp³-hybridized carbons (Fsp3) is 0.455. The molecule has 0 fully saturated rings. The number of nitrogens with zero attached hydrogens (tertiary/aromatic N) is 1. The number of pyridine rings is 1. The molecule has 0 atom stereocenters. The van der Waals surface area contributed by atoms with E-state index in [-0.39, 0.29) is 5.91 Å². The van der Waals surface area contributed by atoms with Gasteiger partial charge in [-0.05, 0) is 34.8 Å². The van der Waals surface area contributed by atoms with E-state index >= 15 is 0 Å². The van der Waals surface area contributed by atoms with Crippen molar-refractivity contribution >= 4 is 33.4 Å². The summed E-state index contributed by atoms with van der Waals surface area (Å²) in [6, 6.07) is 1.75. The minimum Gasteiger partial charge on any atom is -0.352 e. The summed E-state index contributed by atoms with van der Waals surface area (Å²) in [4.78, 5) is 15.6. The van der Waals surface area contributed by atoms with Crippen molar-refractivity contribution in [2.75, 3.05) is 12.4 Å². The van der Waals surface area contributed by atoms with Crippen molar-refractivity contribution in [3.8, 4) is 0 Å². The SMILES string of the molecule is O=C(NCCCCCCl)c1cncc(Br)c1. The molecule has 5 heteroatoms. The number of hydrogen-bond donors (Lipinski definition) is 1. The largest absolute Gasteiger partial charge is 0.352 e. The van der Waals surface area contributed by atoms with Gasteiger partial charge in [-0.3, -0.25) is 9.78 Å². The Balaban J connectivity index is 2.30. The zero-order valence-electron chi connectivity index (χ0n) is 8.88. The molecule has 1 rings (SSSR count). The first kappa shape index (κ1) is 13.5. The van der Waals surface area contributed by atoms with Gasteiger partial charge in [-0.25, -0.2) is 0 Å². The summed E-state index contributed by atoms with van der Waals surface area (Å²) < 4.78 is 0.808. The van der Waals surface area contributed by atoms with Crippen LogP contribution in [0, 0.1) is 0 Å². The van der Waals surface area contributed by atoms with Crippen molar-refractivity contribution in [3.63, 3.8) is 0 Å². The number of amides is 1. The van der Waals surface area contributed by atoms with E-state index in [0.717, 1.165) is 23.7 Å². The molecule has 0 radical (unpaired) electrons. The number of alkyl halides is 1. The fourth-order valence-corrected chi connectivity index (χ4v) is 1.79. The molecule has 0 aromatic carbocycles. The van der Waals surface area contributed by atoms with Gasteiger partial charge in [0, 0.05) is 29.3 Å². The molecule has 1 amide bonds. The lowest BCUT2D eigenvalue weighted by atomic mass is 10.2. The maximum atomic E-state index is 11.6. The molecular weight excluding hydrogens is 291 g/mol. The Labute approximate surface area is 109 Å². The molecule has 0 aliphatic carbocycles. The van der Waals surface area contributed by atoms with Gasteiger partial charge in [-0.1, -0.05) is 6.42 Å². The first-order chi connectivity index (χ1) is 7.74. The Hall–Kier alpha value is -0.610. The molecule has 88 valence electrons. The standard InChI is InChI=1S/C11H14BrClN2O/c12-10-6-9(7-14-8-10)11(16)15-5-3-1-2-4-13/h6-8H,1-5H2,(H,15,16). The second kappa shape index (κ2) is 7.63. The van der Waals surface area contributed by atoms with Gasteiger partial charge < -0.3 is 5.32 Å². The van der Waals surface area contributed by atoms with Crippen molar-refractivity contribution in [2.45, 2.75) is 19.3 Å². The van der Waals surface area contributed by atoms with Crippen LogP contribution in [0.15, 0.2) is 22.9 Å². The van der Waals surface area contributed by atoms with Crippen molar-refractivity contribution in [3.05, 3.63) is 28.5 Å². The zero-order chi connectivity index (χ0) is 11.8. The van der Waals surface area contributed by atoms with Crippen molar-refractivity contribution in [1.29, 1.82) is 0 Å². The molecule has 1 aromatic rings. The van der Waals surface area contributed by atoms with Crippen molar-refractivity contribution < 1.29 is 4.79 Å². The molecule has 3 nitrogen and oxygen atoms in total. The highest BCUT2D eigenvalue weighted by molar-refractivity contribution is 9.10. The van der Waals surface area contributed by atoms with Gasteiger partial charge >= 0.3 is 0 Å². The lowest BCUT2D eigenvalue weighted by molar-refractivity contribution is 0.0952. The van der Waals surface area contributed by atoms with Crippen LogP contribution in [0.4, 0.5) is 0 Å². The van der Waals surface area contributed by atoms with Crippen LogP contribution in [0.1, 0.15) is 29.6 Å². The first-order valence-corrected chi connectivity index (χ1v) is 6.51. The molecule has 16 heavy (non-hydrogen) atoms. The Kier molecular flexibility index (Phi) is 6.42. The molecule has 1 aromatic heterocycles. The van der Waals surface area contributed by atoms with Gasteiger partial charge in [-0.2, -0.15) is 0 Å². The van der Waals surface area contributed by atoms with E-state index in [4.69, 9.17) is 11.6 Å². The number of carbonyl (C=O) groups excluding carboxylic acids is 1. The molecule has 0 spiro atoms. The van der Waals surface area contributed by atoms with Crippen LogP contribution in [0.5, 0.6) is 0 Å². The van der Waals surface area contributed by atoms with E-state index in [1.807, 2.05) is 0 Å². The van der Waals surface area contributed by atoms with Gasteiger partial charge in [0.05, 0.1) is 5.56 Å². The van der Waals surface area contributed by atoms with Crippen LogP contribution in [-0.4, -0.2) is 23.3 Å². The monoisotopic (exact) mass is 304 g/mol. The molecule has 0 bridgehead atoms. The number of carbonyl (C=O) groups is 1. The maximum absolute atomic E-state index is 11.6. The minimum atomic E-state index is -0.0836. The quantitative estimate of drug-likeness (QED) is 0.648. The Morgan fingerprint density at radius 3 is 2.88 bits per heavy atom. The van der Waals surface area contributed by atoms with Crippen LogP contribution in [0.25, 0.3) is 0 Å². The van der Waals surface area contributed by atoms with Crippen LogP contribution in [0.3, 0.4) is 0 Å². The van der Waals surface area contributed by atoms with E-state index in [1.54, 1.807) is 18.5 Å². The van der Waals surface area contributed by atoms with E-state index in [0.29, 0.717) is 18.0 Å².